The molecule has 0 aliphatic carbocycles. The van der Waals surface area contributed by atoms with Crippen molar-refractivity contribution >= 4 is 18.5 Å². The Morgan fingerprint density at radius 2 is 2.29 bits per heavy atom. The molecule has 0 heterocycles. The van der Waals surface area contributed by atoms with E-state index in [2.05, 4.69) is 5.69 Å². The minimum Gasteiger partial charge on any atom is -0.205 e. The van der Waals surface area contributed by atoms with Gasteiger partial charge in [-0.3, -0.25) is 0 Å². The Kier molecular flexibility index (Phi) is 2.34. The Balaban J connectivity index is 3.66. The summed E-state index contributed by atoms with van der Waals surface area (Å²) in [5.41, 5.74) is 2.10. The summed E-state index contributed by atoms with van der Waals surface area (Å²) >= 11 is 5.68. The summed E-state index contributed by atoms with van der Waals surface area (Å²) in [6.45, 7) is 3.79. The van der Waals surface area contributed by atoms with Crippen LogP contribution in [0.15, 0.2) is 0 Å². The highest BCUT2D eigenvalue weighted by Crippen LogP contribution is 2.10. The molecule has 0 aromatic heterocycles. The molecular formula is C4H8ClNSi. The maximum Gasteiger partial charge on any atom is 0.265 e. The molecule has 0 aromatic rings. The van der Waals surface area contributed by atoms with E-state index in [4.69, 9.17) is 16.3 Å². The number of halogens is 1. The van der Waals surface area contributed by atoms with Gasteiger partial charge in [0.15, 0.2) is 0 Å². The smallest absolute Gasteiger partial charge is 0.205 e. The fourth-order valence-corrected chi connectivity index (χ4v) is 0.237. The molecule has 0 rings (SSSR count). The standard InChI is InChI=1S/C4H8ClNSi/c1-3-7(2,5)4-6/h3H2,1-2H3. The van der Waals surface area contributed by atoms with Crippen molar-refractivity contribution in [2.24, 2.45) is 0 Å². The lowest BCUT2D eigenvalue weighted by Crippen LogP contribution is -2.16. The van der Waals surface area contributed by atoms with Gasteiger partial charge in [-0.25, -0.2) is 5.26 Å². The van der Waals surface area contributed by atoms with Crippen molar-refractivity contribution < 1.29 is 0 Å². The van der Waals surface area contributed by atoms with Gasteiger partial charge in [-0.05, 0) is 12.6 Å². The van der Waals surface area contributed by atoms with Gasteiger partial charge >= 0.3 is 0 Å². The van der Waals surface area contributed by atoms with E-state index in [1.807, 2.05) is 13.5 Å². The van der Waals surface area contributed by atoms with E-state index in [-0.39, 0.29) is 0 Å². The predicted octanol–water partition coefficient (Wildman–Crippen LogP) is 1.88. The first-order valence-electron chi connectivity index (χ1n) is 2.22. The van der Waals surface area contributed by atoms with Crippen LogP contribution in [0.4, 0.5) is 0 Å². The Hall–Kier alpha value is -0.00312. The molecule has 0 aliphatic rings. The molecule has 40 valence electrons. The highest BCUT2D eigenvalue weighted by molar-refractivity contribution is 7.23. The summed E-state index contributed by atoms with van der Waals surface area (Å²) in [7, 11) is -1.87. The third-order valence-corrected chi connectivity index (χ3v) is 3.75. The second kappa shape index (κ2) is 2.34. The first-order chi connectivity index (χ1) is 3.12. The Morgan fingerprint density at radius 1 is 1.86 bits per heavy atom. The fraction of sp³-hybridized carbons (Fsp3) is 0.750. The Morgan fingerprint density at radius 3 is 2.29 bits per heavy atom. The molecule has 1 nitrogen and oxygen atoms in total. The van der Waals surface area contributed by atoms with Crippen molar-refractivity contribution in [2.45, 2.75) is 19.5 Å². The Labute approximate surface area is 49.6 Å². The van der Waals surface area contributed by atoms with E-state index in [1.54, 1.807) is 0 Å². The fourth-order valence-electron chi connectivity index (χ4n) is 0.0791. The van der Waals surface area contributed by atoms with Gasteiger partial charge in [-0.1, -0.05) is 6.92 Å². The van der Waals surface area contributed by atoms with E-state index in [0.29, 0.717) is 0 Å². The van der Waals surface area contributed by atoms with Crippen LogP contribution in [0, 0.1) is 11.0 Å². The van der Waals surface area contributed by atoms with E-state index >= 15 is 0 Å². The summed E-state index contributed by atoms with van der Waals surface area (Å²) in [5.74, 6) is 0. The maximum absolute atomic E-state index is 8.27. The molecule has 0 amide bonds. The summed E-state index contributed by atoms with van der Waals surface area (Å²) in [5, 5.41) is 8.27. The van der Waals surface area contributed by atoms with Crippen molar-refractivity contribution in [1.82, 2.24) is 0 Å². The lowest BCUT2D eigenvalue weighted by Gasteiger charge is -2.00. The number of hydrogen-bond acceptors (Lipinski definition) is 1. The van der Waals surface area contributed by atoms with Crippen LogP contribution in [0.5, 0.6) is 0 Å². The van der Waals surface area contributed by atoms with Crippen LogP contribution in [-0.4, -0.2) is 7.38 Å². The van der Waals surface area contributed by atoms with Crippen molar-refractivity contribution in [3.63, 3.8) is 0 Å². The van der Waals surface area contributed by atoms with E-state index < -0.39 is 7.38 Å². The third kappa shape index (κ3) is 2.66. The molecule has 1 atom stereocenters. The van der Waals surface area contributed by atoms with Crippen LogP contribution in [0.2, 0.25) is 12.6 Å². The van der Waals surface area contributed by atoms with Crippen molar-refractivity contribution in [2.75, 3.05) is 0 Å². The first-order valence-corrected chi connectivity index (χ1v) is 5.94. The molecule has 1 unspecified atom stereocenters. The van der Waals surface area contributed by atoms with Gasteiger partial charge in [-0.2, -0.15) is 0 Å². The van der Waals surface area contributed by atoms with Gasteiger partial charge in [0.1, 0.15) is 0 Å². The molecule has 0 saturated heterocycles. The van der Waals surface area contributed by atoms with Crippen molar-refractivity contribution in [3.8, 4) is 5.69 Å². The van der Waals surface area contributed by atoms with Gasteiger partial charge in [0, 0.05) is 5.69 Å². The molecular weight excluding hydrogens is 126 g/mol. The largest absolute Gasteiger partial charge is 0.265 e. The summed E-state index contributed by atoms with van der Waals surface area (Å²) in [4.78, 5) is 0. The highest BCUT2D eigenvalue weighted by Gasteiger charge is 2.20. The van der Waals surface area contributed by atoms with Crippen LogP contribution in [0.25, 0.3) is 0 Å². The average molecular weight is 134 g/mol. The summed E-state index contributed by atoms with van der Waals surface area (Å²) < 4.78 is 0. The second-order valence-corrected chi connectivity index (χ2v) is 7.49. The van der Waals surface area contributed by atoms with Crippen LogP contribution >= 0.6 is 11.1 Å². The average Bonchev–Trinajstić information content (AvgIpc) is 1.68. The van der Waals surface area contributed by atoms with Crippen LogP contribution in [0.1, 0.15) is 6.92 Å². The number of hydrogen-bond donors (Lipinski definition) is 0. The lowest BCUT2D eigenvalue weighted by atomic mass is 11.0. The van der Waals surface area contributed by atoms with E-state index in [0.717, 1.165) is 6.04 Å². The van der Waals surface area contributed by atoms with E-state index in [1.165, 1.54) is 0 Å². The van der Waals surface area contributed by atoms with Crippen molar-refractivity contribution in [1.29, 1.82) is 5.26 Å². The molecule has 0 aromatic carbocycles. The molecule has 0 N–H and O–H groups in total. The minimum absolute atomic E-state index is 0.838. The zero-order valence-electron chi connectivity index (χ0n) is 4.53. The summed E-state index contributed by atoms with van der Waals surface area (Å²) in [6.07, 6.45) is 0. The first kappa shape index (κ1) is 7.00. The SMILES string of the molecule is CC[Si](C)(Cl)C#N. The number of rotatable bonds is 1. The van der Waals surface area contributed by atoms with Gasteiger partial charge in [0.25, 0.3) is 7.38 Å². The molecule has 0 aliphatic heterocycles. The van der Waals surface area contributed by atoms with Gasteiger partial charge in [-0.15, -0.1) is 11.1 Å². The van der Waals surface area contributed by atoms with Gasteiger partial charge < -0.3 is 0 Å². The topological polar surface area (TPSA) is 23.8 Å². The van der Waals surface area contributed by atoms with Crippen LogP contribution < -0.4 is 0 Å². The number of nitrogens with zero attached hydrogens (tertiary/aromatic N) is 1. The molecule has 0 radical (unpaired) electrons. The lowest BCUT2D eigenvalue weighted by molar-refractivity contribution is 1.41. The molecule has 7 heavy (non-hydrogen) atoms. The van der Waals surface area contributed by atoms with Crippen molar-refractivity contribution in [3.05, 3.63) is 0 Å². The molecule has 0 saturated carbocycles. The Bertz CT molecular complexity index is 94.4. The molecule has 0 fully saturated rings. The number of nitriles is 1. The van der Waals surface area contributed by atoms with Crippen LogP contribution in [0.3, 0.4) is 0 Å². The molecule has 3 heteroatoms. The monoisotopic (exact) mass is 133 g/mol. The zero-order chi connectivity index (χ0) is 5.91. The molecule has 0 bridgehead atoms. The van der Waals surface area contributed by atoms with Gasteiger partial charge in [0.2, 0.25) is 0 Å². The molecule has 0 spiro atoms. The quantitative estimate of drug-likeness (QED) is 0.396. The normalized spacial score (nSPS) is 17.4. The van der Waals surface area contributed by atoms with E-state index in [9.17, 15) is 0 Å². The zero-order valence-corrected chi connectivity index (χ0v) is 6.29. The highest BCUT2D eigenvalue weighted by atomic mass is 35.6. The van der Waals surface area contributed by atoms with Crippen LogP contribution in [-0.2, 0) is 0 Å². The minimum atomic E-state index is -1.87. The summed E-state index contributed by atoms with van der Waals surface area (Å²) in [6, 6.07) is 0.838. The van der Waals surface area contributed by atoms with Gasteiger partial charge in [0.05, 0.1) is 0 Å². The third-order valence-electron chi connectivity index (χ3n) is 0.897. The maximum atomic E-state index is 8.27. The second-order valence-electron chi connectivity index (χ2n) is 1.66. The predicted molar refractivity (Wildman–Crippen MR) is 33.6 cm³/mol.